The third-order valence-corrected chi connectivity index (χ3v) is 5.14. The fourth-order valence-corrected chi connectivity index (χ4v) is 3.98. The number of methoxy groups -OCH3 is 1. The summed E-state index contributed by atoms with van der Waals surface area (Å²) >= 11 is 0. The molecule has 0 saturated heterocycles. The molecule has 126 valence electrons. The van der Waals surface area contributed by atoms with Crippen LogP contribution in [0, 0.1) is 13.8 Å². The maximum absolute atomic E-state index is 13.2. The van der Waals surface area contributed by atoms with Gasteiger partial charge in [0.2, 0.25) is 5.91 Å². The molecule has 0 atom stereocenters. The number of hydrogen-bond acceptors (Lipinski definition) is 2. The van der Waals surface area contributed by atoms with Crippen LogP contribution in [-0.4, -0.2) is 13.0 Å². The van der Waals surface area contributed by atoms with Crippen molar-refractivity contribution in [3.63, 3.8) is 0 Å². The minimum Gasteiger partial charge on any atom is -0.496 e. The average Bonchev–Trinajstić information content (AvgIpc) is 3.06. The second-order valence-corrected chi connectivity index (χ2v) is 6.75. The largest absolute Gasteiger partial charge is 0.496 e. The van der Waals surface area contributed by atoms with Gasteiger partial charge in [-0.3, -0.25) is 4.79 Å². The van der Waals surface area contributed by atoms with Gasteiger partial charge in [-0.15, -0.1) is 0 Å². The monoisotopic (exact) mass is 323 g/mol. The Bertz CT molecular complexity index is 708. The highest BCUT2D eigenvalue weighted by molar-refractivity contribution is 5.99. The molecular formula is C21H25NO2. The highest BCUT2D eigenvalue weighted by Gasteiger charge is 2.42. The number of aryl methyl sites for hydroxylation is 2. The molecule has 24 heavy (non-hydrogen) atoms. The van der Waals surface area contributed by atoms with Gasteiger partial charge in [0.25, 0.3) is 0 Å². The second kappa shape index (κ2) is 6.68. The minimum absolute atomic E-state index is 0.107. The normalized spacial score (nSPS) is 16.0. The Labute approximate surface area is 144 Å². The first-order valence-electron chi connectivity index (χ1n) is 8.59. The predicted molar refractivity (Wildman–Crippen MR) is 97.7 cm³/mol. The minimum atomic E-state index is -0.400. The Balaban J connectivity index is 1.90. The van der Waals surface area contributed by atoms with Gasteiger partial charge in [0.05, 0.1) is 12.5 Å². The van der Waals surface area contributed by atoms with E-state index < -0.39 is 5.41 Å². The summed E-state index contributed by atoms with van der Waals surface area (Å²) in [5.41, 5.74) is 3.64. The van der Waals surface area contributed by atoms with Crippen LogP contribution < -0.4 is 10.1 Å². The summed E-state index contributed by atoms with van der Waals surface area (Å²) in [6.07, 6.45) is 4.03. The van der Waals surface area contributed by atoms with Crippen molar-refractivity contribution in [1.29, 1.82) is 0 Å². The van der Waals surface area contributed by atoms with Crippen LogP contribution in [0.15, 0.2) is 42.5 Å². The molecule has 0 bridgehead atoms. The van der Waals surface area contributed by atoms with Gasteiger partial charge >= 0.3 is 0 Å². The van der Waals surface area contributed by atoms with Crippen molar-refractivity contribution in [3.8, 4) is 5.75 Å². The number of hydrogen-bond donors (Lipinski definition) is 1. The van der Waals surface area contributed by atoms with Crippen molar-refractivity contribution >= 4 is 11.6 Å². The third-order valence-electron chi connectivity index (χ3n) is 5.14. The maximum Gasteiger partial charge on any atom is 0.235 e. The van der Waals surface area contributed by atoms with Crippen molar-refractivity contribution in [2.24, 2.45) is 0 Å². The van der Waals surface area contributed by atoms with Crippen LogP contribution in [0.5, 0.6) is 5.75 Å². The Morgan fingerprint density at radius 2 is 1.62 bits per heavy atom. The number of rotatable bonds is 4. The van der Waals surface area contributed by atoms with E-state index >= 15 is 0 Å². The first-order valence-corrected chi connectivity index (χ1v) is 8.59. The summed E-state index contributed by atoms with van der Waals surface area (Å²) in [4.78, 5) is 13.2. The molecule has 0 spiro atoms. The third kappa shape index (κ3) is 2.91. The van der Waals surface area contributed by atoms with Crippen LogP contribution in [0.2, 0.25) is 0 Å². The van der Waals surface area contributed by atoms with E-state index in [9.17, 15) is 4.79 Å². The summed E-state index contributed by atoms with van der Waals surface area (Å²) in [6, 6.07) is 14.2. The molecule has 3 nitrogen and oxygen atoms in total. The Hall–Kier alpha value is -2.29. The molecule has 2 aromatic rings. The van der Waals surface area contributed by atoms with Crippen molar-refractivity contribution in [1.82, 2.24) is 0 Å². The van der Waals surface area contributed by atoms with Gasteiger partial charge in [-0.05, 0) is 55.5 Å². The number of carbonyl (C=O) groups is 1. The standard InChI is InChI=1S/C21H25NO2/c1-15-13-18(14-16(2)19(15)24-3)22-20(23)21(11-7-8-12-21)17-9-5-4-6-10-17/h4-6,9-10,13-14H,7-8,11-12H2,1-3H3,(H,22,23). The molecule has 1 saturated carbocycles. The topological polar surface area (TPSA) is 38.3 Å². The van der Waals surface area contributed by atoms with E-state index in [1.807, 2.05) is 44.2 Å². The number of benzene rings is 2. The summed E-state index contributed by atoms with van der Waals surface area (Å²) < 4.78 is 5.41. The highest BCUT2D eigenvalue weighted by Crippen LogP contribution is 2.42. The lowest BCUT2D eigenvalue weighted by Crippen LogP contribution is -2.38. The molecule has 3 heteroatoms. The maximum atomic E-state index is 13.2. The highest BCUT2D eigenvalue weighted by atomic mass is 16.5. The van der Waals surface area contributed by atoms with Crippen molar-refractivity contribution < 1.29 is 9.53 Å². The fourth-order valence-electron chi connectivity index (χ4n) is 3.98. The van der Waals surface area contributed by atoms with E-state index in [0.717, 1.165) is 53.8 Å². The van der Waals surface area contributed by atoms with Crippen LogP contribution in [0.1, 0.15) is 42.4 Å². The lowest BCUT2D eigenvalue weighted by molar-refractivity contribution is -0.121. The van der Waals surface area contributed by atoms with Crippen LogP contribution in [0.4, 0.5) is 5.69 Å². The molecule has 3 rings (SSSR count). The molecule has 1 amide bonds. The van der Waals surface area contributed by atoms with Crippen LogP contribution in [-0.2, 0) is 10.2 Å². The van der Waals surface area contributed by atoms with E-state index in [1.165, 1.54) is 0 Å². The smallest absolute Gasteiger partial charge is 0.235 e. The van der Waals surface area contributed by atoms with E-state index in [0.29, 0.717) is 0 Å². The van der Waals surface area contributed by atoms with Gasteiger partial charge in [0.15, 0.2) is 0 Å². The van der Waals surface area contributed by atoms with Gasteiger partial charge < -0.3 is 10.1 Å². The van der Waals surface area contributed by atoms with Gasteiger partial charge in [0.1, 0.15) is 5.75 Å². The van der Waals surface area contributed by atoms with Crippen LogP contribution in [0.25, 0.3) is 0 Å². The van der Waals surface area contributed by atoms with Gasteiger partial charge in [-0.25, -0.2) is 0 Å². The summed E-state index contributed by atoms with van der Waals surface area (Å²) in [5, 5.41) is 3.16. The van der Waals surface area contributed by atoms with Gasteiger partial charge in [-0.1, -0.05) is 43.2 Å². The molecule has 1 N–H and O–H groups in total. The zero-order valence-electron chi connectivity index (χ0n) is 14.7. The molecule has 1 aliphatic carbocycles. The first-order chi connectivity index (χ1) is 11.6. The van der Waals surface area contributed by atoms with Crippen molar-refractivity contribution in [3.05, 3.63) is 59.2 Å². The zero-order chi connectivity index (χ0) is 17.2. The van der Waals surface area contributed by atoms with Gasteiger partial charge in [0, 0.05) is 5.69 Å². The number of ether oxygens (including phenoxy) is 1. The number of amides is 1. The fraction of sp³-hybridized carbons (Fsp3) is 0.381. The molecule has 0 aliphatic heterocycles. The van der Waals surface area contributed by atoms with Crippen molar-refractivity contribution in [2.45, 2.75) is 44.9 Å². The zero-order valence-corrected chi connectivity index (χ0v) is 14.7. The molecular weight excluding hydrogens is 298 g/mol. The quantitative estimate of drug-likeness (QED) is 0.880. The van der Waals surface area contributed by atoms with E-state index in [-0.39, 0.29) is 5.91 Å². The Morgan fingerprint density at radius 1 is 1.04 bits per heavy atom. The summed E-state index contributed by atoms with van der Waals surface area (Å²) in [7, 11) is 1.68. The predicted octanol–water partition coefficient (Wildman–Crippen LogP) is 4.76. The average molecular weight is 323 g/mol. The lowest BCUT2D eigenvalue weighted by Gasteiger charge is -2.28. The molecule has 0 aromatic heterocycles. The molecule has 2 aromatic carbocycles. The number of nitrogens with one attached hydrogen (secondary N) is 1. The van der Waals surface area contributed by atoms with Crippen molar-refractivity contribution in [2.75, 3.05) is 12.4 Å². The number of carbonyl (C=O) groups excluding carboxylic acids is 1. The summed E-state index contributed by atoms with van der Waals surface area (Å²) in [5.74, 6) is 0.988. The lowest BCUT2D eigenvalue weighted by atomic mass is 9.78. The first kappa shape index (κ1) is 16.6. The van der Waals surface area contributed by atoms with Crippen LogP contribution in [0.3, 0.4) is 0 Å². The van der Waals surface area contributed by atoms with Crippen LogP contribution >= 0.6 is 0 Å². The van der Waals surface area contributed by atoms with E-state index in [4.69, 9.17) is 4.74 Å². The number of anilines is 1. The van der Waals surface area contributed by atoms with Gasteiger partial charge in [-0.2, -0.15) is 0 Å². The molecule has 1 fully saturated rings. The molecule has 0 heterocycles. The Morgan fingerprint density at radius 3 is 2.17 bits per heavy atom. The molecule has 1 aliphatic rings. The van der Waals surface area contributed by atoms with E-state index in [2.05, 4.69) is 17.4 Å². The summed E-state index contributed by atoms with van der Waals surface area (Å²) in [6.45, 7) is 4.01. The molecule has 0 radical (unpaired) electrons. The molecule has 0 unspecified atom stereocenters. The SMILES string of the molecule is COc1c(C)cc(NC(=O)C2(c3ccccc3)CCCC2)cc1C. The van der Waals surface area contributed by atoms with E-state index in [1.54, 1.807) is 7.11 Å². The second-order valence-electron chi connectivity index (χ2n) is 6.75. The Kier molecular flexibility index (Phi) is 4.61.